The number of nitriles is 2. The summed E-state index contributed by atoms with van der Waals surface area (Å²) in [6.45, 7) is 13.8. The molecule has 2 N–H and O–H groups in total. The number of benzene rings is 2. The minimum absolute atomic E-state index is 0.0523. The van der Waals surface area contributed by atoms with Crippen LogP contribution in [0.2, 0.25) is 20.1 Å². The highest BCUT2D eigenvalue weighted by Gasteiger charge is 2.41. The zero-order valence-corrected chi connectivity index (χ0v) is 45.3. The van der Waals surface area contributed by atoms with Crippen LogP contribution in [-0.2, 0) is 9.53 Å². The summed E-state index contributed by atoms with van der Waals surface area (Å²) in [6, 6.07) is 15.0. The Balaban J connectivity index is 0.000000182. The van der Waals surface area contributed by atoms with Crippen LogP contribution in [0.5, 0.6) is 0 Å². The molecule has 10 rings (SSSR count). The van der Waals surface area contributed by atoms with E-state index in [2.05, 4.69) is 80.3 Å². The van der Waals surface area contributed by atoms with E-state index in [4.69, 9.17) is 61.1 Å². The topological polar surface area (TPSA) is 200 Å². The van der Waals surface area contributed by atoms with Gasteiger partial charge < -0.3 is 15.2 Å². The Labute approximate surface area is 450 Å². The standard InChI is InChI=1S/C27H29Cl2N7O.C27H30Cl2N6O2/c1-15-11-17(6-9-23(15)35-10-4-5-24(35)27(37)31-3)22-14-32-25-21(13-30)34-36(26(25)33-22)16(2)19-8-7-18(28)12-20(19)29;1-4-34(13-27(36)14-37-15-27)24-8-5-18(9-16(24)2)23-12-31-25-22(11-30)33-35(26(25)32-23)17(3)20-7-6-19(28)10-21(20)29/h6-8,12,14-16,23-24H,4-5,9-11H2,1-3H3,(H,31,37);5-7,10,12,16-17,24,36H,4,8-9,13-15H2,1-3H3. The second-order valence-electron chi connectivity index (χ2n) is 20.1. The first-order valence-corrected chi connectivity index (χ1v) is 26.7. The molecule has 2 aromatic carbocycles. The number of nitrogens with zero attached hydrogens (tertiary/aromatic N) is 12. The smallest absolute Gasteiger partial charge is 0.237 e. The molecular formula is C54H59Cl4N13O3. The number of aliphatic hydroxyl groups is 1. The first kappa shape index (κ1) is 53.3. The largest absolute Gasteiger partial charge is 0.384 e. The Bertz CT molecular complexity index is 3250. The molecule has 2 fully saturated rings. The molecule has 0 spiro atoms. The fourth-order valence-electron chi connectivity index (χ4n) is 11.2. The molecule has 1 amide bonds. The lowest BCUT2D eigenvalue weighted by molar-refractivity contribution is -0.190. The zero-order chi connectivity index (χ0) is 52.6. The molecule has 2 saturated heterocycles. The van der Waals surface area contributed by atoms with Crippen molar-refractivity contribution in [1.82, 2.24) is 54.6 Å². The summed E-state index contributed by atoms with van der Waals surface area (Å²) in [4.78, 5) is 36.2. The molecule has 7 atom stereocenters. The van der Waals surface area contributed by atoms with Gasteiger partial charge in [-0.3, -0.25) is 14.6 Å². The zero-order valence-electron chi connectivity index (χ0n) is 42.2. The number of aromatic nitrogens is 8. The maximum absolute atomic E-state index is 12.4. The highest BCUT2D eigenvalue weighted by molar-refractivity contribution is 6.35. The Hall–Kier alpha value is -5.53. The summed E-state index contributed by atoms with van der Waals surface area (Å²) < 4.78 is 8.67. The quantitative estimate of drug-likeness (QED) is 0.117. The second-order valence-corrected chi connectivity index (χ2v) is 21.8. The third-order valence-electron chi connectivity index (χ3n) is 15.2. The van der Waals surface area contributed by atoms with Crippen LogP contribution in [0.4, 0.5) is 0 Å². The van der Waals surface area contributed by atoms with Gasteiger partial charge in [0.25, 0.3) is 0 Å². The van der Waals surface area contributed by atoms with Gasteiger partial charge in [0.1, 0.15) is 28.8 Å². The lowest BCUT2D eigenvalue weighted by Gasteiger charge is -2.44. The number of likely N-dealkylation sites (N-methyl/N-ethyl adjacent to an activating group) is 2. The van der Waals surface area contributed by atoms with Crippen LogP contribution in [0.1, 0.15) is 119 Å². The van der Waals surface area contributed by atoms with Crippen LogP contribution in [0.25, 0.3) is 33.5 Å². The molecule has 2 aliphatic carbocycles. The number of amides is 1. The molecule has 4 aromatic heterocycles. The van der Waals surface area contributed by atoms with Gasteiger partial charge in [0, 0.05) is 45.8 Å². The number of ether oxygens (including phenoxy) is 1. The van der Waals surface area contributed by atoms with Crippen molar-refractivity contribution in [3.8, 4) is 12.1 Å². The summed E-state index contributed by atoms with van der Waals surface area (Å²) in [7, 11) is 1.71. The van der Waals surface area contributed by atoms with Gasteiger partial charge in [0.05, 0.1) is 55.1 Å². The Morgan fingerprint density at radius 3 is 1.82 bits per heavy atom. The number of fused-ring (bicyclic) bond motifs is 2. The number of carbonyl (C=O) groups excluding carboxylic acids is 1. The molecule has 7 unspecified atom stereocenters. The van der Waals surface area contributed by atoms with Crippen LogP contribution in [0.3, 0.4) is 0 Å². The van der Waals surface area contributed by atoms with Crippen molar-refractivity contribution in [2.24, 2.45) is 11.8 Å². The average Bonchev–Trinajstić information content (AvgIpc) is 4.13. The average molecular weight is 1080 g/mol. The first-order chi connectivity index (χ1) is 35.5. The Morgan fingerprint density at radius 1 is 0.851 bits per heavy atom. The molecule has 386 valence electrons. The predicted octanol–water partition coefficient (Wildman–Crippen LogP) is 9.89. The van der Waals surface area contributed by atoms with E-state index in [0.29, 0.717) is 86.1 Å². The molecule has 4 aliphatic rings. The van der Waals surface area contributed by atoms with E-state index in [0.717, 1.165) is 85.3 Å². The van der Waals surface area contributed by atoms with Crippen LogP contribution < -0.4 is 5.32 Å². The fourth-order valence-corrected chi connectivity index (χ4v) is 12.3. The van der Waals surface area contributed by atoms with E-state index in [9.17, 15) is 20.4 Å². The molecular weight excluding hydrogens is 1020 g/mol. The normalized spacial score (nSPS) is 22.5. The van der Waals surface area contributed by atoms with Gasteiger partial charge in [-0.15, -0.1) is 0 Å². The van der Waals surface area contributed by atoms with Crippen LogP contribution in [0.15, 0.2) is 60.9 Å². The van der Waals surface area contributed by atoms with Crippen molar-refractivity contribution in [2.45, 2.75) is 109 Å². The first-order valence-electron chi connectivity index (χ1n) is 25.2. The van der Waals surface area contributed by atoms with Crippen molar-refractivity contribution in [2.75, 3.05) is 39.9 Å². The van der Waals surface area contributed by atoms with Crippen molar-refractivity contribution in [3.63, 3.8) is 0 Å². The molecule has 74 heavy (non-hydrogen) atoms. The molecule has 6 aromatic rings. The third-order valence-corrected chi connectivity index (χ3v) is 16.4. The minimum Gasteiger partial charge on any atom is -0.384 e. The number of hydrogen-bond acceptors (Lipinski definition) is 13. The number of hydrogen-bond donors (Lipinski definition) is 2. The molecule has 6 heterocycles. The third kappa shape index (κ3) is 10.7. The van der Waals surface area contributed by atoms with E-state index in [1.165, 1.54) is 0 Å². The molecule has 0 radical (unpaired) electrons. The summed E-state index contributed by atoms with van der Waals surface area (Å²) in [5, 5.41) is 44.0. The number of rotatable bonds is 12. The maximum atomic E-state index is 12.4. The Morgan fingerprint density at radius 2 is 1.38 bits per heavy atom. The van der Waals surface area contributed by atoms with Crippen LogP contribution >= 0.6 is 46.4 Å². The number of nitrogens with one attached hydrogen (secondary N) is 1. The van der Waals surface area contributed by atoms with E-state index < -0.39 is 5.60 Å². The van der Waals surface area contributed by atoms with Crippen LogP contribution in [0, 0.1) is 34.5 Å². The highest BCUT2D eigenvalue weighted by Crippen LogP contribution is 2.39. The number of carbonyl (C=O) groups is 1. The summed E-state index contributed by atoms with van der Waals surface area (Å²) in [5.74, 6) is 0.829. The van der Waals surface area contributed by atoms with Crippen LogP contribution in [-0.4, -0.2) is 124 Å². The second kappa shape index (κ2) is 22.4. The summed E-state index contributed by atoms with van der Waals surface area (Å²) in [5.41, 5.74) is 7.23. The van der Waals surface area contributed by atoms with Crippen molar-refractivity contribution >= 4 is 85.8 Å². The molecule has 2 aliphatic heterocycles. The summed E-state index contributed by atoms with van der Waals surface area (Å²) in [6.07, 6.45) is 13.3. The van der Waals surface area contributed by atoms with Gasteiger partial charge in [-0.25, -0.2) is 29.3 Å². The van der Waals surface area contributed by atoms with Gasteiger partial charge in [-0.05, 0) is 124 Å². The van der Waals surface area contributed by atoms with Gasteiger partial charge in [-0.2, -0.15) is 20.7 Å². The van der Waals surface area contributed by atoms with Crippen molar-refractivity contribution in [3.05, 3.63) is 115 Å². The predicted molar refractivity (Wildman–Crippen MR) is 288 cm³/mol. The van der Waals surface area contributed by atoms with Crippen molar-refractivity contribution < 1.29 is 14.6 Å². The number of likely N-dealkylation sites (tertiary alicyclic amines) is 1. The SMILES string of the molecule is CCN(CC1(O)COC1)C1CC=C(c2cnc3c(C#N)nn(C(C)c4ccc(Cl)cc4Cl)c3n2)CC1C.CNC(=O)C1CCCN1C1CC=C(c2cnc3c(C#N)nn(C(C)c4ccc(Cl)cc4Cl)c3n2)CC1C. The molecule has 16 nitrogen and oxygen atoms in total. The molecule has 0 saturated carbocycles. The molecule has 20 heteroatoms. The van der Waals surface area contributed by atoms with E-state index in [-0.39, 0.29) is 35.4 Å². The van der Waals surface area contributed by atoms with Gasteiger partial charge in [-0.1, -0.05) is 91.5 Å². The highest BCUT2D eigenvalue weighted by atomic mass is 35.5. The molecule has 0 bridgehead atoms. The lowest BCUT2D eigenvalue weighted by Crippen LogP contribution is -2.59. The van der Waals surface area contributed by atoms with Gasteiger partial charge >= 0.3 is 0 Å². The van der Waals surface area contributed by atoms with Gasteiger partial charge in [0.15, 0.2) is 22.7 Å². The lowest BCUT2D eigenvalue weighted by atomic mass is 9.83. The minimum atomic E-state index is -0.739. The monoisotopic (exact) mass is 1080 g/mol. The number of halogens is 4. The van der Waals surface area contributed by atoms with E-state index >= 15 is 0 Å². The van der Waals surface area contributed by atoms with E-state index in [1.54, 1.807) is 53.1 Å². The Kier molecular flexibility index (Phi) is 16.1. The summed E-state index contributed by atoms with van der Waals surface area (Å²) >= 11 is 25.1. The fraction of sp³-hybridized carbons (Fsp3) is 0.463. The van der Waals surface area contributed by atoms with Crippen molar-refractivity contribution in [1.29, 1.82) is 10.5 Å². The number of allylic oxidation sites excluding steroid dienone is 2. The van der Waals surface area contributed by atoms with E-state index in [1.807, 2.05) is 26.0 Å². The van der Waals surface area contributed by atoms with Gasteiger partial charge in [0.2, 0.25) is 5.91 Å². The maximum Gasteiger partial charge on any atom is 0.237 e.